The van der Waals surface area contributed by atoms with Crippen molar-refractivity contribution >= 4 is 11.9 Å². The van der Waals surface area contributed by atoms with Crippen LogP contribution in [0.15, 0.2) is 12.1 Å². The van der Waals surface area contributed by atoms with Gasteiger partial charge in [0.1, 0.15) is 0 Å². The van der Waals surface area contributed by atoms with Crippen LogP contribution in [0.3, 0.4) is 0 Å². The Morgan fingerprint density at radius 1 is 1.32 bits per heavy atom. The van der Waals surface area contributed by atoms with Crippen molar-refractivity contribution in [1.82, 2.24) is 4.90 Å². The molecular weight excluding hydrogens is 286 g/mol. The molecule has 1 amide bonds. The number of benzene rings is 1. The van der Waals surface area contributed by atoms with Crippen molar-refractivity contribution < 1.29 is 24.2 Å². The Morgan fingerprint density at radius 2 is 1.91 bits per heavy atom. The lowest BCUT2D eigenvalue weighted by atomic mass is 10.0. The molecule has 0 unspecified atom stereocenters. The highest BCUT2D eigenvalue weighted by Gasteiger charge is 2.37. The minimum atomic E-state index is -0.924. The Bertz CT molecular complexity index is 598. The van der Waals surface area contributed by atoms with Crippen LogP contribution in [-0.4, -0.2) is 42.6 Å². The van der Waals surface area contributed by atoms with E-state index in [0.29, 0.717) is 11.5 Å². The number of hydrogen-bond acceptors (Lipinski definition) is 4. The number of aryl methyl sites for hydroxylation is 1. The van der Waals surface area contributed by atoms with Gasteiger partial charge >= 0.3 is 5.97 Å². The van der Waals surface area contributed by atoms with Crippen molar-refractivity contribution in [2.24, 2.45) is 5.92 Å². The molecule has 1 aliphatic heterocycles. The van der Waals surface area contributed by atoms with Gasteiger partial charge in [0.05, 0.1) is 26.2 Å². The number of ether oxygens (including phenoxy) is 2. The van der Waals surface area contributed by atoms with Crippen LogP contribution in [0.2, 0.25) is 0 Å². The Hall–Kier alpha value is -2.24. The van der Waals surface area contributed by atoms with E-state index in [-0.39, 0.29) is 24.9 Å². The molecule has 0 aliphatic carbocycles. The molecule has 1 N–H and O–H groups in total. The zero-order valence-corrected chi connectivity index (χ0v) is 13.3. The van der Waals surface area contributed by atoms with Crippen molar-refractivity contribution in [1.29, 1.82) is 0 Å². The van der Waals surface area contributed by atoms with E-state index in [1.165, 1.54) is 0 Å². The lowest BCUT2D eigenvalue weighted by Crippen LogP contribution is -2.29. The SMILES string of the molecule is COc1cc(C)c([C@H](C)N2C[C@@H](C(=O)O)CC2=O)cc1OC. The first-order chi connectivity index (χ1) is 10.4. The quantitative estimate of drug-likeness (QED) is 0.900. The van der Waals surface area contributed by atoms with E-state index in [0.717, 1.165) is 11.1 Å². The molecule has 0 aromatic heterocycles. The molecule has 22 heavy (non-hydrogen) atoms. The fraction of sp³-hybridized carbons (Fsp3) is 0.500. The monoisotopic (exact) mass is 307 g/mol. The maximum Gasteiger partial charge on any atom is 0.308 e. The van der Waals surface area contributed by atoms with Crippen LogP contribution >= 0.6 is 0 Å². The Labute approximate surface area is 129 Å². The first kappa shape index (κ1) is 16.1. The number of hydrogen-bond donors (Lipinski definition) is 1. The predicted octanol–water partition coefficient (Wildman–Crippen LogP) is 2.01. The largest absolute Gasteiger partial charge is 0.493 e. The Morgan fingerprint density at radius 3 is 2.41 bits per heavy atom. The van der Waals surface area contributed by atoms with Crippen molar-refractivity contribution in [3.05, 3.63) is 23.3 Å². The summed E-state index contributed by atoms with van der Waals surface area (Å²) in [5.41, 5.74) is 1.90. The summed E-state index contributed by atoms with van der Waals surface area (Å²) in [7, 11) is 3.13. The molecule has 0 radical (unpaired) electrons. The zero-order chi connectivity index (χ0) is 16.4. The second kappa shape index (κ2) is 6.25. The average Bonchev–Trinajstić information content (AvgIpc) is 2.88. The molecule has 2 rings (SSSR count). The number of carboxylic acids is 1. The van der Waals surface area contributed by atoms with Crippen LogP contribution < -0.4 is 9.47 Å². The molecule has 1 fully saturated rings. The second-order valence-electron chi connectivity index (χ2n) is 5.53. The van der Waals surface area contributed by atoms with Crippen molar-refractivity contribution in [3.8, 4) is 11.5 Å². The van der Waals surface area contributed by atoms with E-state index < -0.39 is 11.9 Å². The fourth-order valence-corrected chi connectivity index (χ4v) is 2.89. The molecule has 0 spiro atoms. The van der Waals surface area contributed by atoms with Crippen LogP contribution in [-0.2, 0) is 9.59 Å². The molecule has 6 nitrogen and oxygen atoms in total. The minimum absolute atomic E-state index is 0.0615. The van der Waals surface area contributed by atoms with Crippen LogP contribution in [0.4, 0.5) is 0 Å². The minimum Gasteiger partial charge on any atom is -0.493 e. The van der Waals surface area contributed by atoms with E-state index in [1.807, 2.05) is 26.0 Å². The molecule has 0 saturated carbocycles. The van der Waals surface area contributed by atoms with Gasteiger partial charge in [0.2, 0.25) is 5.91 Å². The number of aliphatic carboxylic acids is 1. The number of carboxylic acid groups (broad SMARTS) is 1. The second-order valence-corrected chi connectivity index (χ2v) is 5.53. The average molecular weight is 307 g/mol. The van der Waals surface area contributed by atoms with Crippen molar-refractivity contribution in [2.75, 3.05) is 20.8 Å². The fourth-order valence-electron chi connectivity index (χ4n) is 2.89. The van der Waals surface area contributed by atoms with E-state index in [2.05, 4.69) is 0 Å². The zero-order valence-electron chi connectivity index (χ0n) is 13.3. The summed E-state index contributed by atoms with van der Waals surface area (Å²) in [6, 6.07) is 3.50. The summed E-state index contributed by atoms with van der Waals surface area (Å²) in [6.45, 7) is 4.07. The van der Waals surface area contributed by atoms with Gasteiger partial charge in [-0.1, -0.05) is 0 Å². The molecule has 1 saturated heterocycles. The molecule has 1 aliphatic rings. The standard InChI is InChI=1S/C16H21NO5/c1-9-5-13(21-3)14(22-4)7-12(9)10(2)17-8-11(16(19)20)6-15(17)18/h5,7,10-11H,6,8H2,1-4H3,(H,19,20)/t10-,11-/m0/s1. The van der Waals surface area contributed by atoms with Crippen molar-refractivity contribution in [2.45, 2.75) is 26.3 Å². The van der Waals surface area contributed by atoms with Crippen molar-refractivity contribution in [3.63, 3.8) is 0 Å². The van der Waals surface area contributed by atoms with Gasteiger partial charge < -0.3 is 19.5 Å². The van der Waals surface area contributed by atoms with E-state index >= 15 is 0 Å². The summed E-state index contributed by atoms with van der Waals surface area (Å²) in [5, 5.41) is 9.09. The molecule has 0 bridgehead atoms. The summed E-state index contributed by atoms with van der Waals surface area (Å²) in [4.78, 5) is 24.8. The van der Waals surface area contributed by atoms with Crippen LogP contribution in [0.25, 0.3) is 0 Å². The van der Waals surface area contributed by atoms with Crippen LogP contribution in [0.1, 0.15) is 30.5 Å². The molecule has 1 heterocycles. The first-order valence-electron chi connectivity index (χ1n) is 7.13. The van der Waals surface area contributed by atoms with Gasteiger partial charge in [-0.05, 0) is 37.1 Å². The third-order valence-corrected chi connectivity index (χ3v) is 4.20. The lowest BCUT2D eigenvalue weighted by molar-refractivity contribution is -0.141. The first-order valence-corrected chi connectivity index (χ1v) is 7.13. The van der Waals surface area contributed by atoms with Gasteiger partial charge in [-0.25, -0.2) is 0 Å². The van der Waals surface area contributed by atoms with Crippen LogP contribution in [0, 0.1) is 12.8 Å². The number of carbonyl (C=O) groups excluding carboxylic acids is 1. The molecule has 2 atom stereocenters. The highest BCUT2D eigenvalue weighted by Crippen LogP contribution is 2.36. The molecule has 6 heteroatoms. The number of methoxy groups -OCH3 is 2. The normalized spacial score (nSPS) is 19.2. The van der Waals surface area contributed by atoms with E-state index in [9.17, 15) is 9.59 Å². The van der Waals surface area contributed by atoms with Gasteiger partial charge in [-0.2, -0.15) is 0 Å². The smallest absolute Gasteiger partial charge is 0.308 e. The third-order valence-electron chi connectivity index (χ3n) is 4.20. The van der Waals surface area contributed by atoms with Gasteiger partial charge in [0, 0.05) is 13.0 Å². The number of nitrogens with zero attached hydrogens (tertiary/aromatic N) is 1. The maximum absolute atomic E-state index is 12.1. The molecule has 1 aromatic rings. The van der Waals surface area contributed by atoms with Gasteiger partial charge in [-0.3, -0.25) is 9.59 Å². The van der Waals surface area contributed by atoms with Gasteiger partial charge in [-0.15, -0.1) is 0 Å². The molecule has 120 valence electrons. The molecule has 1 aromatic carbocycles. The number of amides is 1. The lowest BCUT2D eigenvalue weighted by Gasteiger charge is -2.27. The number of likely N-dealkylation sites (tertiary alicyclic amines) is 1. The Kier molecular flexibility index (Phi) is 4.59. The van der Waals surface area contributed by atoms with Gasteiger partial charge in [0.25, 0.3) is 0 Å². The topological polar surface area (TPSA) is 76.1 Å². The highest BCUT2D eigenvalue weighted by molar-refractivity contribution is 5.86. The van der Waals surface area contributed by atoms with E-state index in [1.54, 1.807) is 19.1 Å². The van der Waals surface area contributed by atoms with Gasteiger partial charge in [0.15, 0.2) is 11.5 Å². The Balaban J connectivity index is 2.31. The van der Waals surface area contributed by atoms with E-state index in [4.69, 9.17) is 14.6 Å². The number of carbonyl (C=O) groups is 2. The molecular formula is C16H21NO5. The summed E-state index contributed by atoms with van der Waals surface area (Å²) in [5.74, 6) is -0.458. The predicted molar refractivity (Wildman–Crippen MR) is 80.2 cm³/mol. The summed E-state index contributed by atoms with van der Waals surface area (Å²) < 4.78 is 10.6. The third kappa shape index (κ3) is 2.86. The summed E-state index contributed by atoms with van der Waals surface area (Å²) in [6.07, 6.45) is 0.0615. The van der Waals surface area contributed by atoms with Crippen LogP contribution in [0.5, 0.6) is 11.5 Å². The summed E-state index contributed by atoms with van der Waals surface area (Å²) >= 11 is 0. The number of rotatable bonds is 5. The maximum atomic E-state index is 12.1. The highest BCUT2D eigenvalue weighted by atomic mass is 16.5.